The van der Waals surface area contributed by atoms with Crippen LogP contribution in [0.15, 0.2) is 255 Å². The monoisotopic (exact) mass is 814 g/mol. The summed E-state index contributed by atoms with van der Waals surface area (Å²) in [6.07, 6.45) is 0. The Balaban J connectivity index is 0.989. The lowest BCUT2D eigenvalue weighted by Crippen LogP contribution is -2.10. The number of fused-ring (bicyclic) bond motifs is 6. The van der Waals surface area contributed by atoms with E-state index in [1.54, 1.807) is 0 Å². The Kier molecular flexibility index (Phi) is 9.20. The molecule has 0 unspecified atom stereocenters. The van der Waals surface area contributed by atoms with Crippen molar-refractivity contribution < 1.29 is 0 Å². The zero-order valence-electron chi connectivity index (χ0n) is 35.1. The summed E-state index contributed by atoms with van der Waals surface area (Å²) in [5.74, 6) is 0. The van der Waals surface area contributed by atoms with Gasteiger partial charge >= 0.3 is 0 Å². The van der Waals surface area contributed by atoms with Gasteiger partial charge in [-0.1, -0.05) is 194 Å². The van der Waals surface area contributed by atoms with Gasteiger partial charge in [-0.2, -0.15) is 0 Å². The molecule has 0 fully saturated rings. The highest BCUT2D eigenvalue weighted by Crippen LogP contribution is 2.44. The topological polar surface area (TPSA) is 8.17 Å². The summed E-state index contributed by atoms with van der Waals surface area (Å²) < 4.78 is 2.42. The van der Waals surface area contributed by atoms with E-state index >= 15 is 0 Å². The van der Waals surface area contributed by atoms with Gasteiger partial charge in [0, 0.05) is 33.5 Å². The molecule has 0 amide bonds. The summed E-state index contributed by atoms with van der Waals surface area (Å²) in [6, 6.07) is 92.6. The molecule has 0 radical (unpaired) electrons. The van der Waals surface area contributed by atoms with E-state index in [0.717, 1.165) is 28.3 Å². The van der Waals surface area contributed by atoms with E-state index in [1.165, 1.54) is 82.3 Å². The van der Waals surface area contributed by atoms with Crippen LogP contribution in [0.3, 0.4) is 0 Å². The quantitative estimate of drug-likeness (QED) is 0.148. The summed E-state index contributed by atoms with van der Waals surface area (Å²) in [7, 11) is 0. The molecule has 12 rings (SSSR count). The van der Waals surface area contributed by atoms with Gasteiger partial charge in [-0.05, 0) is 127 Å². The number of para-hydroxylation sites is 1. The third-order valence-corrected chi connectivity index (χ3v) is 12.8. The first-order valence-corrected chi connectivity index (χ1v) is 22.0. The summed E-state index contributed by atoms with van der Waals surface area (Å²) in [6.45, 7) is 0. The first-order chi connectivity index (χ1) is 31.7. The van der Waals surface area contributed by atoms with Crippen LogP contribution in [-0.4, -0.2) is 4.57 Å². The molecule has 0 atom stereocenters. The summed E-state index contributed by atoms with van der Waals surface area (Å²) >= 11 is 0. The predicted molar refractivity (Wildman–Crippen MR) is 272 cm³/mol. The average Bonchev–Trinajstić information content (AvgIpc) is 3.73. The second kappa shape index (κ2) is 15.8. The van der Waals surface area contributed by atoms with E-state index in [4.69, 9.17) is 0 Å². The van der Waals surface area contributed by atoms with E-state index in [-0.39, 0.29) is 0 Å². The molecule has 0 spiro atoms. The molecular weight excluding hydrogens is 773 g/mol. The number of nitrogens with zero attached hydrogens (tertiary/aromatic N) is 2. The van der Waals surface area contributed by atoms with Crippen molar-refractivity contribution in [3.05, 3.63) is 255 Å². The van der Waals surface area contributed by atoms with Gasteiger partial charge in [0.1, 0.15) is 0 Å². The summed E-state index contributed by atoms with van der Waals surface area (Å²) in [5.41, 5.74) is 16.4. The van der Waals surface area contributed by atoms with Crippen LogP contribution >= 0.6 is 0 Å². The first-order valence-electron chi connectivity index (χ1n) is 22.0. The highest BCUT2D eigenvalue weighted by Gasteiger charge is 2.20. The number of hydrogen-bond acceptors (Lipinski definition) is 1. The number of hydrogen-bond donors (Lipinski definition) is 0. The van der Waals surface area contributed by atoms with E-state index < -0.39 is 0 Å². The number of rotatable bonds is 8. The van der Waals surface area contributed by atoms with Gasteiger partial charge in [0.25, 0.3) is 0 Å². The van der Waals surface area contributed by atoms with Crippen LogP contribution in [0, 0.1) is 0 Å². The smallest absolute Gasteiger partial charge is 0.0547 e. The summed E-state index contributed by atoms with van der Waals surface area (Å²) in [4.78, 5) is 2.39. The molecule has 0 saturated carbocycles. The fourth-order valence-electron chi connectivity index (χ4n) is 9.76. The minimum atomic E-state index is 1.09. The lowest BCUT2D eigenvalue weighted by atomic mass is 9.96. The van der Waals surface area contributed by atoms with Crippen LogP contribution in [0.2, 0.25) is 0 Å². The molecule has 2 heteroatoms. The molecular formula is C62H42N2. The molecule has 11 aromatic carbocycles. The molecule has 0 aliphatic carbocycles. The Morgan fingerprint density at radius 3 is 1.52 bits per heavy atom. The van der Waals surface area contributed by atoms with Crippen molar-refractivity contribution in [2.75, 3.05) is 4.90 Å². The maximum atomic E-state index is 2.42. The van der Waals surface area contributed by atoms with Crippen molar-refractivity contribution in [1.29, 1.82) is 0 Å². The summed E-state index contributed by atoms with van der Waals surface area (Å²) in [5, 5.41) is 7.54. The number of benzene rings is 11. The van der Waals surface area contributed by atoms with Gasteiger partial charge in [-0.15, -0.1) is 0 Å². The lowest BCUT2D eigenvalue weighted by molar-refractivity contribution is 1.18. The number of anilines is 3. The molecule has 2 nitrogen and oxygen atoms in total. The second-order valence-corrected chi connectivity index (χ2v) is 16.5. The van der Waals surface area contributed by atoms with Crippen molar-refractivity contribution in [2.45, 2.75) is 0 Å². The molecule has 1 aromatic heterocycles. The lowest BCUT2D eigenvalue weighted by Gasteiger charge is -2.27. The first kappa shape index (κ1) is 37.3. The van der Waals surface area contributed by atoms with E-state index in [1.807, 2.05) is 0 Å². The molecule has 12 aromatic rings. The van der Waals surface area contributed by atoms with Crippen LogP contribution in [0.5, 0.6) is 0 Å². The van der Waals surface area contributed by atoms with Crippen molar-refractivity contribution in [3.8, 4) is 50.2 Å². The SMILES string of the molecule is c1ccc(-c2cccc(N(c3ccc(-c4ccc(-c5cccc6ccccc56)cc4)cc3)c3cccc(-c4cccc5c4c4c6ccccc6ccc4n5-c4ccccc4)c3)c2)cc1. The van der Waals surface area contributed by atoms with Gasteiger partial charge in [0.2, 0.25) is 0 Å². The molecule has 0 N–H and O–H groups in total. The largest absolute Gasteiger partial charge is 0.310 e. The molecule has 1 heterocycles. The third kappa shape index (κ3) is 6.52. The third-order valence-electron chi connectivity index (χ3n) is 12.8. The van der Waals surface area contributed by atoms with Crippen LogP contribution < -0.4 is 4.90 Å². The van der Waals surface area contributed by atoms with Gasteiger partial charge < -0.3 is 9.47 Å². The van der Waals surface area contributed by atoms with Crippen LogP contribution in [0.4, 0.5) is 17.1 Å². The minimum absolute atomic E-state index is 1.09. The Hall–Kier alpha value is -8.46. The van der Waals surface area contributed by atoms with Gasteiger partial charge in [-0.3, -0.25) is 0 Å². The zero-order valence-corrected chi connectivity index (χ0v) is 35.1. The predicted octanol–water partition coefficient (Wildman–Crippen LogP) is 17.2. The standard InChI is InChI=1S/C62H42N2/c1-3-15-43(16-4-1)49-20-11-24-53(41-49)63(52-38-35-45(36-39-52)44-31-33-48(34-32-44)56-28-13-19-46-17-7-9-26-55(46)56)54-25-12-21-50(42-54)58-29-14-30-59-62(58)61-57-27-10-8-18-47(57)37-40-60(61)64(59)51-22-5-2-6-23-51/h1-42H. The fraction of sp³-hybridized carbons (Fsp3) is 0. The normalized spacial score (nSPS) is 11.4. The Labute approximate surface area is 373 Å². The van der Waals surface area contributed by atoms with Crippen LogP contribution in [-0.2, 0) is 0 Å². The average molecular weight is 815 g/mol. The van der Waals surface area contributed by atoms with Crippen molar-refractivity contribution >= 4 is 60.4 Å². The molecule has 300 valence electrons. The Bertz CT molecular complexity index is 3640. The van der Waals surface area contributed by atoms with Crippen LogP contribution in [0.1, 0.15) is 0 Å². The van der Waals surface area contributed by atoms with Gasteiger partial charge in [0.15, 0.2) is 0 Å². The highest BCUT2D eigenvalue weighted by molar-refractivity contribution is 6.25. The minimum Gasteiger partial charge on any atom is -0.310 e. The fourth-order valence-corrected chi connectivity index (χ4v) is 9.76. The van der Waals surface area contributed by atoms with Crippen molar-refractivity contribution in [3.63, 3.8) is 0 Å². The second-order valence-electron chi connectivity index (χ2n) is 16.5. The molecule has 0 aliphatic heterocycles. The molecule has 0 bridgehead atoms. The number of aromatic nitrogens is 1. The molecule has 0 saturated heterocycles. The van der Waals surface area contributed by atoms with Gasteiger partial charge in [-0.25, -0.2) is 0 Å². The van der Waals surface area contributed by atoms with Gasteiger partial charge in [0.05, 0.1) is 11.0 Å². The molecule has 0 aliphatic rings. The van der Waals surface area contributed by atoms with Crippen molar-refractivity contribution in [1.82, 2.24) is 4.57 Å². The van der Waals surface area contributed by atoms with Crippen molar-refractivity contribution in [2.24, 2.45) is 0 Å². The molecule has 64 heavy (non-hydrogen) atoms. The Morgan fingerprint density at radius 1 is 0.266 bits per heavy atom. The van der Waals surface area contributed by atoms with E-state index in [0.29, 0.717) is 0 Å². The van der Waals surface area contributed by atoms with E-state index in [2.05, 4.69) is 264 Å². The highest BCUT2D eigenvalue weighted by atomic mass is 15.1. The maximum Gasteiger partial charge on any atom is 0.0547 e. The van der Waals surface area contributed by atoms with Crippen LogP contribution in [0.25, 0.3) is 93.5 Å². The van der Waals surface area contributed by atoms with E-state index in [9.17, 15) is 0 Å². The Morgan fingerprint density at radius 2 is 0.766 bits per heavy atom. The maximum absolute atomic E-state index is 2.42. The zero-order chi connectivity index (χ0) is 42.4.